The van der Waals surface area contributed by atoms with E-state index in [2.05, 4.69) is 30.9 Å². The van der Waals surface area contributed by atoms with Gasteiger partial charge in [-0.2, -0.15) is 5.10 Å². The van der Waals surface area contributed by atoms with Crippen molar-refractivity contribution in [3.63, 3.8) is 0 Å². The number of fused-ring (bicyclic) bond motifs is 1. The largest absolute Gasteiger partial charge is 0.380 e. The zero-order chi connectivity index (χ0) is 11.2. The Bertz CT molecular complexity index is 505. The van der Waals surface area contributed by atoms with E-state index in [1.165, 1.54) is 0 Å². The summed E-state index contributed by atoms with van der Waals surface area (Å²) in [6.07, 6.45) is 0. The Balaban J connectivity index is 2.71. The van der Waals surface area contributed by atoms with Crippen LogP contribution in [0.4, 0.5) is 5.82 Å². The van der Waals surface area contributed by atoms with Crippen LogP contribution >= 0.6 is 0 Å². The van der Waals surface area contributed by atoms with Crippen LogP contribution in [-0.4, -0.2) is 14.8 Å². The second-order valence-electron chi connectivity index (χ2n) is 4.82. The Morgan fingerprint density at radius 3 is 2.53 bits per heavy atom. The lowest BCUT2D eigenvalue weighted by Gasteiger charge is -2.17. The Kier molecular flexibility index (Phi) is 1.96. The molecule has 2 rings (SSSR count). The zero-order valence-corrected chi connectivity index (χ0v) is 9.57. The second kappa shape index (κ2) is 2.95. The average molecular weight is 204 g/mol. The summed E-state index contributed by atoms with van der Waals surface area (Å²) in [5.41, 5.74) is 8.64. The number of aryl methyl sites for hydroxylation is 1. The van der Waals surface area contributed by atoms with Crippen LogP contribution in [-0.2, 0) is 12.5 Å². The highest BCUT2D eigenvalue weighted by Gasteiger charge is 2.17. The molecular formula is C11H16N4. The molecule has 15 heavy (non-hydrogen) atoms. The highest BCUT2D eigenvalue weighted by molar-refractivity contribution is 5.85. The Morgan fingerprint density at radius 2 is 1.93 bits per heavy atom. The molecular weight excluding hydrogens is 188 g/mol. The molecule has 0 saturated carbocycles. The SMILES string of the molecule is Cn1nc(N)c2nc(C(C)(C)C)ccc21. The number of nitrogens with zero attached hydrogens (tertiary/aromatic N) is 3. The molecule has 0 amide bonds. The van der Waals surface area contributed by atoms with Gasteiger partial charge < -0.3 is 5.73 Å². The van der Waals surface area contributed by atoms with Crippen LogP contribution in [0, 0.1) is 0 Å². The highest BCUT2D eigenvalue weighted by atomic mass is 15.3. The van der Waals surface area contributed by atoms with E-state index in [1.807, 2.05) is 19.2 Å². The third kappa shape index (κ3) is 1.56. The lowest BCUT2D eigenvalue weighted by atomic mass is 9.91. The molecule has 0 aliphatic heterocycles. The molecule has 2 heterocycles. The summed E-state index contributed by atoms with van der Waals surface area (Å²) in [6.45, 7) is 6.40. The first-order valence-corrected chi connectivity index (χ1v) is 4.99. The second-order valence-corrected chi connectivity index (χ2v) is 4.82. The molecule has 0 bridgehead atoms. The maximum atomic E-state index is 5.79. The third-order valence-corrected chi connectivity index (χ3v) is 2.49. The van der Waals surface area contributed by atoms with Gasteiger partial charge >= 0.3 is 0 Å². The van der Waals surface area contributed by atoms with Crippen LogP contribution in [0.2, 0.25) is 0 Å². The Morgan fingerprint density at radius 1 is 1.27 bits per heavy atom. The lowest BCUT2D eigenvalue weighted by molar-refractivity contribution is 0.571. The molecule has 2 aromatic heterocycles. The van der Waals surface area contributed by atoms with Gasteiger partial charge in [-0.3, -0.25) is 4.68 Å². The number of nitrogens with two attached hydrogens (primary N) is 1. The Hall–Kier alpha value is -1.58. The van der Waals surface area contributed by atoms with E-state index in [0.29, 0.717) is 5.82 Å². The third-order valence-electron chi connectivity index (χ3n) is 2.49. The first-order valence-electron chi connectivity index (χ1n) is 4.99. The van der Waals surface area contributed by atoms with E-state index >= 15 is 0 Å². The normalized spacial score (nSPS) is 12.3. The summed E-state index contributed by atoms with van der Waals surface area (Å²) in [7, 11) is 1.87. The monoisotopic (exact) mass is 204 g/mol. The van der Waals surface area contributed by atoms with E-state index in [9.17, 15) is 0 Å². The first kappa shape index (κ1) is 9.96. The number of hydrogen-bond donors (Lipinski definition) is 1. The van der Waals surface area contributed by atoms with Crippen LogP contribution in [0.25, 0.3) is 11.0 Å². The lowest BCUT2D eigenvalue weighted by Crippen LogP contribution is -2.13. The van der Waals surface area contributed by atoms with Gasteiger partial charge in [0.1, 0.15) is 5.52 Å². The van der Waals surface area contributed by atoms with Crippen molar-refractivity contribution in [2.45, 2.75) is 26.2 Å². The standard InChI is InChI=1S/C11H16N4/c1-11(2,3)8-6-5-7-9(13-8)10(12)14-15(7)4/h5-6H,1-4H3,(H2,12,14). The van der Waals surface area contributed by atoms with Crippen molar-refractivity contribution >= 4 is 16.9 Å². The predicted octanol–water partition coefficient (Wildman–Crippen LogP) is 1.85. The minimum Gasteiger partial charge on any atom is -0.380 e. The predicted molar refractivity (Wildman–Crippen MR) is 61.6 cm³/mol. The molecule has 2 N–H and O–H groups in total. The van der Waals surface area contributed by atoms with Crippen molar-refractivity contribution in [3.05, 3.63) is 17.8 Å². The number of pyridine rings is 1. The van der Waals surface area contributed by atoms with Crippen LogP contribution < -0.4 is 5.73 Å². The number of hydrogen-bond acceptors (Lipinski definition) is 3. The highest BCUT2D eigenvalue weighted by Crippen LogP contribution is 2.24. The van der Waals surface area contributed by atoms with Crippen molar-refractivity contribution in [2.75, 3.05) is 5.73 Å². The van der Waals surface area contributed by atoms with Crippen LogP contribution in [0.1, 0.15) is 26.5 Å². The number of rotatable bonds is 0. The average Bonchev–Trinajstić information content (AvgIpc) is 2.41. The van der Waals surface area contributed by atoms with E-state index < -0.39 is 0 Å². The minimum atomic E-state index is 0.0382. The van der Waals surface area contributed by atoms with Gasteiger partial charge in [-0.1, -0.05) is 20.8 Å². The van der Waals surface area contributed by atoms with Crippen molar-refractivity contribution in [1.82, 2.24) is 14.8 Å². The van der Waals surface area contributed by atoms with Gasteiger partial charge in [-0.15, -0.1) is 0 Å². The fourth-order valence-corrected chi connectivity index (χ4v) is 1.58. The molecule has 0 atom stereocenters. The van der Waals surface area contributed by atoms with E-state index in [-0.39, 0.29) is 5.41 Å². The quantitative estimate of drug-likeness (QED) is 0.712. The fourth-order valence-electron chi connectivity index (χ4n) is 1.58. The molecule has 4 nitrogen and oxygen atoms in total. The maximum absolute atomic E-state index is 5.79. The van der Waals surface area contributed by atoms with Crippen molar-refractivity contribution in [1.29, 1.82) is 0 Å². The summed E-state index contributed by atoms with van der Waals surface area (Å²) in [4.78, 5) is 4.56. The molecule has 0 aliphatic rings. The molecule has 2 aromatic rings. The fraction of sp³-hybridized carbons (Fsp3) is 0.455. The number of anilines is 1. The van der Waals surface area contributed by atoms with E-state index in [1.54, 1.807) is 4.68 Å². The summed E-state index contributed by atoms with van der Waals surface area (Å²) in [5.74, 6) is 0.499. The zero-order valence-electron chi connectivity index (χ0n) is 9.57. The van der Waals surface area contributed by atoms with Gasteiger partial charge in [0.25, 0.3) is 0 Å². The summed E-state index contributed by atoms with van der Waals surface area (Å²) < 4.78 is 1.75. The first-order chi connectivity index (χ1) is 6.89. The van der Waals surface area contributed by atoms with Gasteiger partial charge in [-0.25, -0.2) is 4.98 Å². The van der Waals surface area contributed by atoms with Crippen molar-refractivity contribution in [3.8, 4) is 0 Å². The molecule has 0 saturated heterocycles. The molecule has 0 radical (unpaired) electrons. The molecule has 0 aromatic carbocycles. The molecule has 0 unspecified atom stereocenters. The summed E-state index contributed by atoms with van der Waals surface area (Å²) in [5, 5.41) is 4.15. The van der Waals surface area contributed by atoms with Gasteiger partial charge in [-0.05, 0) is 12.1 Å². The van der Waals surface area contributed by atoms with Crippen LogP contribution in [0.5, 0.6) is 0 Å². The smallest absolute Gasteiger partial charge is 0.172 e. The molecule has 80 valence electrons. The summed E-state index contributed by atoms with van der Waals surface area (Å²) >= 11 is 0. The summed E-state index contributed by atoms with van der Waals surface area (Å²) in [6, 6.07) is 4.05. The minimum absolute atomic E-state index is 0.0382. The van der Waals surface area contributed by atoms with Gasteiger partial charge in [0.05, 0.1) is 5.52 Å². The van der Waals surface area contributed by atoms with Crippen molar-refractivity contribution in [2.24, 2.45) is 7.05 Å². The van der Waals surface area contributed by atoms with E-state index in [0.717, 1.165) is 16.7 Å². The van der Waals surface area contributed by atoms with Gasteiger partial charge in [0.2, 0.25) is 0 Å². The number of nitrogen functional groups attached to an aromatic ring is 1. The van der Waals surface area contributed by atoms with Gasteiger partial charge in [0, 0.05) is 18.2 Å². The molecule has 0 aliphatic carbocycles. The van der Waals surface area contributed by atoms with Crippen LogP contribution in [0.3, 0.4) is 0 Å². The molecule has 0 fully saturated rings. The topological polar surface area (TPSA) is 56.7 Å². The maximum Gasteiger partial charge on any atom is 0.172 e. The molecule has 0 spiro atoms. The van der Waals surface area contributed by atoms with Crippen molar-refractivity contribution < 1.29 is 0 Å². The van der Waals surface area contributed by atoms with Crippen LogP contribution in [0.15, 0.2) is 12.1 Å². The van der Waals surface area contributed by atoms with E-state index in [4.69, 9.17) is 5.73 Å². The van der Waals surface area contributed by atoms with Gasteiger partial charge in [0.15, 0.2) is 5.82 Å². The molecule has 4 heteroatoms. The Labute approximate surface area is 89.1 Å². The number of aromatic nitrogens is 3.